The van der Waals surface area contributed by atoms with E-state index in [0.29, 0.717) is 11.1 Å². The molecule has 0 aliphatic carbocycles. The lowest BCUT2D eigenvalue weighted by molar-refractivity contribution is -0.151. The van der Waals surface area contributed by atoms with Gasteiger partial charge in [-0.25, -0.2) is 4.79 Å². The predicted octanol–water partition coefficient (Wildman–Crippen LogP) is 1.43. The fourth-order valence-electron chi connectivity index (χ4n) is 2.34. The SMILES string of the molecule is C#CCNC(=O)[C@@H](Cc1ccc(O)c(O)c1)OC(=O)/C=C/c1ccc(O)c(O)c1. The van der Waals surface area contributed by atoms with Crippen molar-refractivity contribution in [3.8, 4) is 35.3 Å². The summed E-state index contributed by atoms with van der Waals surface area (Å²) in [6.07, 6.45) is 6.21. The third-order valence-corrected chi connectivity index (χ3v) is 3.79. The van der Waals surface area contributed by atoms with Crippen LogP contribution in [0.3, 0.4) is 0 Å². The molecule has 0 radical (unpaired) electrons. The van der Waals surface area contributed by atoms with Gasteiger partial charge in [-0.2, -0.15) is 0 Å². The van der Waals surface area contributed by atoms with E-state index in [9.17, 15) is 30.0 Å². The van der Waals surface area contributed by atoms with Crippen molar-refractivity contribution in [1.82, 2.24) is 5.32 Å². The van der Waals surface area contributed by atoms with Crippen LogP contribution in [0.2, 0.25) is 0 Å². The highest BCUT2D eigenvalue weighted by Gasteiger charge is 2.22. The van der Waals surface area contributed by atoms with E-state index in [1.165, 1.54) is 42.5 Å². The summed E-state index contributed by atoms with van der Waals surface area (Å²) in [6, 6.07) is 7.94. The van der Waals surface area contributed by atoms with Gasteiger partial charge < -0.3 is 30.5 Å². The molecule has 0 aliphatic rings. The lowest BCUT2D eigenvalue weighted by Gasteiger charge is -2.16. The Kier molecular flexibility index (Phi) is 7.09. The summed E-state index contributed by atoms with van der Waals surface area (Å²) in [5, 5.41) is 40.2. The summed E-state index contributed by atoms with van der Waals surface area (Å²) in [7, 11) is 0. The fraction of sp³-hybridized carbons (Fsp3) is 0.143. The van der Waals surface area contributed by atoms with E-state index in [4.69, 9.17) is 11.2 Å². The number of carbonyl (C=O) groups is 2. The summed E-state index contributed by atoms with van der Waals surface area (Å²) in [4.78, 5) is 24.4. The van der Waals surface area contributed by atoms with E-state index in [1.54, 1.807) is 0 Å². The van der Waals surface area contributed by atoms with Crippen LogP contribution in [0, 0.1) is 12.3 Å². The topological polar surface area (TPSA) is 136 Å². The molecule has 0 spiro atoms. The molecule has 0 saturated heterocycles. The highest BCUT2D eigenvalue weighted by molar-refractivity contribution is 5.90. The zero-order chi connectivity index (χ0) is 21.4. The van der Waals surface area contributed by atoms with Gasteiger partial charge in [-0.3, -0.25) is 4.79 Å². The fourth-order valence-corrected chi connectivity index (χ4v) is 2.34. The van der Waals surface area contributed by atoms with Crippen LogP contribution in [0.5, 0.6) is 23.0 Å². The first kappa shape index (κ1) is 21.2. The van der Waals surface area contributed by atoms with Crippen molar-refractivity contribution >= 4 is 18.0 Å². The standard InChI is InChI=1S/C21H19NO7/c1-2-9-22-21(28)19(12-14-4-7-16(24)18(26)11-14)29-20(27)8-5-13-3-6-15(23)17(25)10-13/h1,3-8,10-11,19,23-26H,9,12H2,(H,22,28)/b8-5+/t19-/m1/s1. The smallest absolute Gasteiger partial charge is 0.331 e. The maximum atomic E-state index is 12.3. The first-order chi connectivity index (χ1) is 13.8. The zero-order valence-electron chi connectivity index (χ0n) is 15.2. The van der Waals surface area contributed by atoms with Crippen LogP contribution >= 0.6 is 0 Å². The van der Waals surface area contributed by atoms with Gasteiger partial charge in [0.15, 0.2) is 29.1 Å². The normalized spacial score (nSPS) is 11.6. The molecular weight excluding hydrogens is 378 g/mol. The van der Waals surface area contributed by atoms with E-state index in [-0.39, 0.29) is 36.0 Å². The van der Waals surface area contributed by atoms with Gasteiger partial charge in [0.2, 0.25) is 0 Å². The third kappa shape index (κ3) is 6.22. The number of nitrogens with one attached hydrogen (secondary N) is 1. The molecule has 1 atom stereocenters. The molecule has 150 valence electrons. The summed E-state index contributed by atoms with van der Waals surface area (Å²) >= 11 is 0. The van der Waals surface area contributed by atoms with Crippen molar-refractivity contribution in [3.05, 3.63) is 53.6 Å². The van der Waals surface area contributed by atoms with Crippen molar-refractivity contribution < 1.29 is 34.8 Å². The number of ether oxygens (including phenoxy) is 1. The van der Waals surface area contributed by atoms with E-state index in [1.807, 2.05) is 0 Å². The summed E-state index contributed by atoms with van der Waals surface area (Å²) in [6.45, 7) is -0.0592. The Labute approximate surface area is 166 Å². The van der Waals surface area contributed by atoms with Crippen molar-refractivity contribution in [2.24, 2.45) is 0 Å². The molecule has 0 fully saturated rings. The van der Waals surface area contributed by atoms with E-state index in [2.05, 4.69) is 11.2 Å². The number of amides is 1. The van der Waals surface area contributed by atoms with Gasteiger partial charge in [-0.1, -0.05) is 18.1 Å². The minimum Gasteiger partial charge on any atom is -0.504 e. The number of carbonyl (C=O) groups excluding carboxylic acids is 2. The first-order valence-corrected chi connectivity index (χ1v) is 8.43. The highest BCUT2D eigenvalue weighted by atomic mass is 16.5. The van der Waals surface area contributed by atoms with Gasteiger partial charge in [0.25, 0.3) is 5.91 Å². The maximum absolute atomic E-state index is 12.3. The van der Waals surface area contributed by atoms with E-state index >= 15 is 0 Å². The molecule has 2 rings (SSSR count). The number of phenolic OH excluding ortho intramolecular Hbond substituents is 4. The number of esters is 1. The Morgan fingerprint density at radius 3 is 2.31 bits per heavy atom. The lowest BCUT2D eigenvalue weighted by Crippen LogP contribution is -2.39. The van der Waals surface area contributed by atoms with E-state index in [0.717, 1.165) is 6.08 Å². The zero-order valence-corrected chi connectivity index (χ0v) is 15.2. The molecule has 2 aromatic carbocycles. The van der Waals surface area contributed by atoms with Crippen molar-refractivity contribution in [3.63, 3.8) is 0 Å². The second-order valence-corrected chi connectivity index (χ2v) is 5.96. The molecule has 0 aliphatic heterocycles. The average Bonchev–Trinajstić information content (AvgIpc) is 2.69. The van der Waals surface area contributed by atoms with Gasteiger partial charge >= 0.3 is 5.97 Å². The largest absolute Gasteiger partial charge is 0.504 e. The second kappa shape index (κ2) is 9.71. The molecule has 0 heterocycles. The molecule has 8 nitrogen and oxygen atoms in total. The average molecular weight is 397 g/mol. The Hall–Kier alpha value is -4.12. The number of benzene rings is 2. The monoisotopic (exact) mass is 397 g/mol. The lowest BCUT2D eigenvalue weighted by atomic mass is 10.1. The first-order valence-electron chi connectivity index (χ1n) is 8.43. The maximum Gasteiger partial charge on any atom is 0.331 e. The summed E-state index contributed by atoms with van der Waals surface area (Å²) in [5.41, 5.74) is 0.871. The van der Waals surface area contributed by atoms with Gasteiger partial charge in [0.05, 0.1) is 6.54 Å². The van der Waals surface area contributed by atoms with Gasteiger partial charge in [0, 0.05) is 12.5 Å². The molecule has 0 aromatic heterocycles. The van der Waals surface area contributed by atoms with E-state index < -0.39 is 18.0 Å². The van der Waals surface area contributed by atoms with Gasteiger partial charge in [0.1, 0.15) is 0 Å². The Morgan fingerprint density at radius 2 is 1.69 bits per heavy atom. The molecule has 0 unspecified atom stereocenters. The molecule has 0 saturated carbocycles. The number of rotatable bonds is 7. The Bertz CT molecular complexity index is 975. The Balaban J connectivity index is 2.12. The highest BCUT2D eigenvalue weighted by Crippen LogP contribution is 2.26. The van der Waals surface area contributed by atoms with Crippen LogP contribution in [0.25, 0.3) is 6.08 Å². The van der Waals surface area contributed by atoms with Crippen molar-refractivity contribution in [2.75, 3.05) is 6.54 Å². The third-order valence-electron chi connectivity index (χ3n) is 3.79. The number of hydrogen-bond donors (Lipinski definition) is 5. The number of phenols is 4. The number of hydrogen-bond acceptors (Lipinski definition) is 7. The summed E-state index contributed by atoms with van der Waals surface area (Å²) < 4.78 is 5.20. The van der Waals surface area contributed by atoms with Crippen molar-refractivity contribution in [2.45, 2.75) is 12.5 Å². The number of aromatic hydroxyl groups is 4. The molecular formula is C21H19NO7. The molecule has 29 heavy (non-hydrogen) atoms. The van der Waals surface area contributed by atoms with Crippen molar-refractivity contribution in [1.29, 1.82) is 0 Å². The van der Waals surface area contributed by atoms with Crippen LogP contribution in [-0.4, -0.2) is 45.0 Å². The quantitative estimate of drug-likeness (QED) is 0.206. The minimum absolute atomic E-state index is 0.0592. The molecule has 8 heteroatoms. The molecule has 0 bridgehead atoms. The van der Waals surface area contributed by atoms with Crippen LogP contribution in [0.1, 0.15) is 11.1 Å². The van der Waals surface area contributed by atoms with Gasteiger partial charge in [-0.05, 0) is 41.5 Å². The summed E-state index contributed by atoms with van der Waals surface area (Å²) in [5.74, 6) is -0.556. The number of terminal acetylenes is 1. The minimum atomic E-state index is -1.24. The van der Waals surface area contributed by atoms with Crippen LogP contribution in [0.4, 0.5) is 0 Å². The van der Waals surface area contributed by atoms with Crippen LogP contribution in [0.15, 0.2) is 42.5 Å². The van der Waals surface area contributed by atoms with Gasteiger partial charge in [-0.15, -0.1) is 6.42 Å². The predicted molar refractivity (Wildman–Crippen MR) is 104 cm³/mol. The molecule has 2 aromatic rings. The molecule has 5 N–H and O–H groups in total. The molecule has 1 amide bonds. The van der Waals surface area contributed by atoms with Crippen LogP contribution < -0.4 is 5.32 Å². The Morgan fingerprint density at radius 1 is 1.03 bits per heavy atom. The van der Waals surface area contributed by atoms with Crippen LogP contribution in [-0.2, 0) is 20.7 Å². The second-order valence-electron chi connectivity index (χ2n) is 5.96.